The van der Waals surface area contributed by atoms with Crippen LogP contribution >= 0.6 is 0 Å². The monoisotopic (exact) mass is 201 g/mol. The van der Waals surface area contributed by atoms with E-state index in [4.69, 9.17) is 0 Å². The number of aromatic nitrogens is 2. The summed E-state index contributed by atoms with van der Waals surface area (Å²) in [6, 6.07) is 0. The Hall–Kier alpha value is -1.89. The van der Waals surface area contributed by atoms with Gasteiger partial charge in [-0.2, -0.15) is 0 Å². The van der Waals surface area contributed by atoms with Gasteiger partial charge in [0.05, 0.1) is 12.1 Å². The second-order valence-corrected chi connectivity index (χ2v) is 3.35. The van der Waals surface area contributed by atoms with E-state index in [9.17, 15) is 4.79 Å². The molecule has 1 aliphatic heterocycles. The first-order chi connectivity index (χ1) is 7.36. The molecule has 0 aromatic carbocycles. The summed E-state index contributed by atoms with van der Waals surface area (Å²) in [4.78, 5) is 20.7. The lowest BCUT2D eigenvalue weighted by atomic mass is 10.3. The van der Waals surface area contributed by atoms with Crippen LogP contribution in [-0.2, 0) is 4.79 Å². The highest BCUT2D eigenvalue weighted by Gasteiger charge is 2.18. The van der Waals surface area contributed by atoms with Gasteiger partial charge in [0.15, 0.2) is 0 Å². The molecule has 0 bridgehead atoms. The van der Waals surface area contributed by atoms with Crippen LogP contribution < -0.4 is 0 Å². The van der Waals surface area contributed by atoms with Gasteiger partial charge in [0.2, 0.25) is 5.91 Å². The molecule has 4 nitrogen and oxygen atoms in total. The molecule has 1 aliphatic rings. The number of nitrogens with zero attached hydrogens (tertiary/aromatic N) is 3. The molecule has 0 atom stereocenters. The van der Waals surface area contributed by atoms with Crippen LogP contribution in [0.5, 0.6) is 0 Å². The number of carbonyl (C=O) groups excluding carboxylic acids is 1. The van der Waals surface area contributed by atoms with Crippen LogP contribution in [0.2, 0.25) is 0 Å². The maximum Gasteiger partial charge on any atom is 0.223 e. The summed E-state index contributed by atoms with van der Waals surface area (Å²) in [5, 5.41) is 0. The topological polar surface area (TPSA) is 46.1 Å². The Morgan fingerprint density at radius 2 is 2.20 bits per heavy atom. The Balaban J connectivity index is 1.93. The first kappa shape index (κ1) is 9.66. The molecule has 1 saturated heterocycles. The molecule has 0 aliphatic carbocycles. The average molecular weight is 201 g/mol. The van der Waals surface area contributed by atoms with E-state index in [1.165, 1.54) is 6.33 Å². The molecule has 4 heteroatoms. The Morgan fingerprint density at radius 3 is 2.87 bits per heavy atom. The Kier molecular flexibility index (Phi) is 2.93. The Labute approximate surface area is 88.3 Å². The van der Waals surface area contributed by atoms with Crippen molar-refractivity contribution in [2.45, 2.75) is 12.8 Å². The lowest BCUT2D eigenvalue weighted by molar-refractivity contribution is -0.127. The van der Waals surface area contributed by atoms with Crippen LogP contribution in [0, 0.1) is 11.8 Å². The number of likely N-dealkylation sites (tertiary alicyclic amines) is 1. The molecule has 1 aromatic heterocycles. The van der Waals surface area contributed by atoms with E-state index in [0.29, 0.717) is 13.0 Å². The van der Waals surface area contributed by atoms with Crippen molar-refractivity contribution < 1.29 is 4.79 Å². The normalized spacial score (nSPS) is 14.9. The molecular formula is C11H11N3O. The van der Waals surface area contributed by atoms with Crippen LogP contribution in [0.4, 0.5) is 0 Å². The van der Waals surface area contributed by atoms with Gasteiger partial charge in [0.1, 0.15) is 6.33 Å². The predicted molar refractivity (Wildman–Crippen MR) is 54.7 cm³/mol. The standard InChI is InChI=1S/C11H11N3O/c15-11-4-2-6-14(11)5-1-3-10-7-12-9-13-8-10/h7-9H,2,4-6H2. The van der Waals surface area contributed by atoms with Gasteiger partial charge in [-0.1, -0.05) is 11.8 Å². The van der Waals surface area contributed by atoms with Gasteiger partial charge < -0.3 is 4.90 Å². The van der Waals surface area contributed by atoms with E-state index < -0.39 is 0 Å². The molecule has 1 fully saturated rings. The van der Waals surface area contributed by atoms with Gasteiger partial charge in [-0.3, -0.25) is 4.79 Å². The molecule has 1 aromatic rings. The second-order valence-electron chi connectivity index (χ2n) is 3.35. The molecule has 1 amide bonds. The zero-order valence-electron chi connectivity index (χ0n) is 8.31. The Morgan fingerprint density at radius 1 is 1.40 bits per heavy atom. The zero-order valence-corrected chi connectivity index (χ0v) is 8.31. The SMILES string of the molecule is O=C1CCCN1CC#Cc1cncnc1. The fourth-order valence-corrected chi connectivity index (χ4v) is 1.47. The molecule has 76 valence electrons. The molecule has 15 heavy (non-hydrogen) atoms. The first-order valence-corrected chi connectivity index (χ1v) is 4.88. The summed E-state index contributed by atoms with van der Waals surface area (Å²) >= 11 is 0. The maximum absolute atomic E-state index is 11.3. The highest BCUT2D eigenvalue weighted by Crippen LogP contribution is 2.07. The third-order valence-corrected chi connectivity index (χ3v) is 2.23. The molecule has 0 N–H and O–H groups in total. The van der Waals surface area contributed by atoms with E-state index in [0.717, 1.165) is 18.5 Å². The fraction of sp³-hybridized carbons (Fsp3) is 0.364. The largest absolute Gasteiger partial charge is 0.332 e. The van der Waals surface area contributed by atoms with Crippen molar-refractivity contribution in [3.63, 3.8) is 0 Å². The van der Waals surface area contributed by atoms with Gasteiger partial charge in [0.25, 0.3) is 0 Å². The summed E-state index contributed by atoms with van der Waals surface area (Å²) in [7, 11) is 0. The van der Waals surface area contributed by atoms with Crippen molar-refractivity contribution in [2.24, 2.45) is 0 Å². The molecule has 0 unspecified atom stereocenters. The smallest absolute Gasteiger partial charge is 0.223 e. The average Bonchev–Trinajstić information content (AvgIpc) is 2.66. The number of rotatable bonds is 1. The van der Waals surface area contributed by atoms with Crippen molar-refractivity contribution in [1.82, 2.24) is 14.9 Å². The molecule has 0 spiro atoms. The quantitative estimate of drug-likeness (QED) is 0.620. The molecule has 2 rings (SSSR count). The summed E-state index contributed by atoms with van der Waals surface area (Å²) in [5.41, 5.74) is 0.782. The minimum atomic E-state index is 0.202. The summed E-state index contributed by atoms with van der Waals surface area (Å²) in [5.74, 6) is 6.07. The van der Waals surface area contributed by atoms with E-state index in [1.807, 2.05) is 0 Å². The van der Waals surface area contributed by atoms with Crippen LogP contribution in [0.15, 0.2) is 18.7 Å². The summed E-state index contributed by atoms with van der Waals surface area (Å²) in [6.07, 6.45) is 6.40. The minimum absolute atomic E-state index is 0.202. The molecule has 0 saturated carbocycles. The van der Waals surface area contributed by atoms with Gasteiger partial charge in [-0.05, 0) is 6.42 Å². The van der Waals surface area contributed by atoms with Crippen molar-refractivity contribution in [3.05, 3.63) is 24.3 Å². The van der Waals surface area contributed by atoms with E-state index in [-0.39, 0.29) is 5.91 Å². The first-order valence-electron chi connectivity index (χ1n) is 4.88. The Bertz CT molecular complexity index is 405. The number of carbonyl (C=O) groups is 1. The van der Waals surface area contributed by atoms with Crippen LogP contribution in [0.3, 0.4) is 0 Å². The fourth-order valence-electron chi connectivity index (χ4n) is 1.47. The summed E-state index contributed by atoms with van der Waals surface area (Å²) in [6.45, 7) is 1.34. The van der Waals surface area contributed by atoms with E-state index >= 15 is 0 Å². The summed E-state index contributed by atoms with van der Waals surface area (Å²) < 4.78 is 0. The van der Waals surface area contributed by atoms with Crippen LogP contribution in [-0.4, -0.2) is 33.9 Å². The van der Waals surface area contributed by atoms with Crippen molar-refractivity contribution >= 4 is 5.91 Å². The van der Waals surface area contributed by atoms with Gasteiger partial charge in [-0.25, -0.2) is 9.97 Å². The van der Waals surface area contributed by atoms with Crippen LogP contribution in [0.25, 0.3) is 0 Å². The third kappa shape index (κ3) is 2.53. The maximum atomic E-state index is 11.3. The van der Waals surface area contributed by atoms with Crippen molar-refractivity contribution in [2.75, 3.05) is 13.1 Å². The van der Waals surface area contributed by atoms with E-state index in [1.54, 1.807) is 17.3 Å². The third-order valence-electron chi connectivity index (χ3n) is 2.23. The zero-order chi connectivity index (χ0) is 10.5. The highest BCUT2D eigenvalue weighted by atomic mass is 16.2. The lowest BCUT2D eigenvalue weighted by Gasteiger charge is -2.09. The minimum Gasteiger partial charge on any atom is -0.332 e. The van der Waals surface area contributed by atoms with Gasteiger partial charge in [0, 0.05) is 25.4 Å². The number of hydrogen-bond donors (Lipinski definition) is 0. The van der Waals surface area contributed by atoms with Gasteiger partial charge in [-0.15, -0.1) is 0 Å². The van der Waals surface area contributed by atoms with Crippen molar-refractivity contribution in [1.29, 1.82) is 0 Å². The second kappa shape index (κ2) is 4.56. The number of amides is 1. The number of hydrogen-bond acceptors (Lipinski definition) is 3. The molecule has 2 heterocycles. The van der Waals surface area contributed by atoms with Crippen molar-refractivity contribution in [3.8, 4) is 11.8 Å². The molecular weight excluding hydrogens is 190 g/mol. The highest BCUT2D eigenvalue weighted by molar-refractivity contribution is 5.78. The van der Waals surface area contributed by atoms with Gasteiger partial charge >= 0.3 is 0 Å². The van der Waals surface area contributed by atoms with Crippen LogP contribution in [0.1, 0.15) is 18.4 Å². The lowest BCUT2D eigenvalue weighted by Crippen LogP contribution is -2.24. The molecule has 0 radical (unpaired) electrons. The van der Waals surface area contributed by atoms with E-state index in [2.05, 4.69) is 21.8 Å². The predicted octanol–water partition coefficient (Wildman–Crippen LogP) is 0.451.